The van der Waals surface area contributed by atoms with Crippen molar-refractivity contribution in [2.45, 2.75) is 19.5 Å². The number of hydrogen-bond acceptors (Lipinski definition) is 1. The molecule has 0 spiro atoms. The Hall–Kier alpha value is -1.03. The van der Waals surface area contributed by atoms with E-state index in [1.54, 1.807) is 13.0 Å². The van der Waals surface area contributed by atoms with Gasteiger partial charge in [0.2, 0.25) is 0 Å². The molecule has 0 saturated heterocycles. The minimum atomic E-state index is -4.31. The highest BCUT2D eigenvalue weighted by atomic mass is 19.4. The first-order valence-corrected chi connectivity index (χ1v) is 4.71. The number of aliphatic hydroxyl groups excluding tert-OH is 1. The van der Waals surface area contributed by atoms with E-state index < -0.39 is 11.7 Å². The van der Waals surface area contributed by atoms with Crippen LogP contribution in [0.4, 0.5) is 13.2 Å². The van der Waals surface area contributed by atoms with Crippen LogP contribution in [0.25, 0.3) is 0 Å². The van der Waals surface area contributed by atoms with Crippen molar-refractivity contribution >= 4 is 0 Å². The van der Waals surface area contributed by atoms with Crippen LogP contribution in [0.1, 0.15) is 18.1 Å². The van der Waals surface area contributed by atoms with Crippen molar-refractivity contribution in [1.29, 1.82) is 0 Å². The Morgan fingerprint density at radius 1 is 1.27 bits per heavy atom. The van der Waals surface area contributed by atoms with Gasteiger partial charge < -0.3 is 5.11 Å². The predicted octanol–water partition coefficient (Wildman–Crippen LogP) is 2.88. The van der Waals surface area contributed by atoms with Crippen LogP contribution in [0.15, 0.2) is 24.3 Å². The quantitative estimate of drug-likeness (QED) is 0.827. The lowest BCUT2D eigenvalue weighted by Gasteiger charge is -2.14. The van der Waals surface area contributed by atoms with Crippen LogP contribution < -0.4 is 0 Å². The molecule has 1 aromatic carbocycles. The van der Waals surface area contributed by atoms with Gasteiger partial charge in [0.25, 0.3) is 0 Å². The van der Waals surface area contributed by atoms with Gasteiger partial charge in [-0.3, -0.25) is 0 Å². The van der Waals surface area contributed by atoms with E-state index in [9.17, 15) is 13.2 Å². The maximum Gasteiger partial charge on any atom is 0.416 e. The molecule has 1 nitrogen and oxygen atoms in total. The van der Waals surface area contributed by atoms with Crippen molar-refractivity contribution in [2.24, 2.45) is 5.92 Å². The lowest BCUT2D eigenvalue weighted by atomic mass is 9.97. The molecule has 0 bridgehead atoms. The highest BCUT2D eigenvalue weighted by Crippen LogP contribution is 2.32. The van der Waals surface area contributed by atoms with Crippen molar-refractivity contribution in [1.82, 2.24) is 0 Å². The summed E-state index contributed by atoms with van der Waals surface area (Å²) in [6.07, 6.45) is -4.07. The molecule has 0 heterocycles. The molecule has 4 heteroatoms. The van der Waals surface area contributed by atoms with E-state index in [4.69, 9.17) is 5.11 Å². The lowest BCUT2D eigenvalue weighted by molar-refractivity contribution is -0.138. The fourth-order valence-electron chi connectivity index (χ4n) is 1.41. The Balaban J connectivity index is 2.97. The summed E-state index contributed by atoms with van der Waals surface area (Å²) in [6, 6.07) is 5.47. The lowest BCUT2D eigenvalue weighted by Crippen LogP contribution is -2.12. The van der Waals surface area contributed by atoms with Crippen LogP contribution in [-0.4, -0.2) is 11.7 Å². The molecule has 0 radical (unpaired) electrons. The largest absolute Gasteiger partial charge is 0.416 e. The first kappa shape index (κ1) is 12.0. The second-order valence-electron chi connectivity index (χ2n) is 3.65. The summed E-state index contributed by atoms with van der Waals surface area (Å²) in [6.45, 7) is 1.61. The molecule has 1 aromatic rings. The summed E-state index contributed by atoms with van der Waals surface area (Å²) < 4.78 is 37.6. The molecule has 1 N–H and O–H groups in total. The van der Waals surface area contributed by atoms with Crippen molar-refractivity contribution in [3.8, 4) is 0 Å². The SMILES string of the molecule is C[C@H](CO)Cc1ccccc1C(F)(F)F. The monoisotopic (exact) mass is 218 g/mol. The second kappa shape index (κ2) is 4.66. The summed E-state index contributed by atoms with van der Waals surface area (Å²) in [4.78, 5) is 0. The third-order valence-corrected chi connectivity index (χ3v) is 2.20. The summed E-state index contributed by atoms with van der Waals surface area (Å²) in [7, 11) is 0. The van der Waals surface area contributed by atoms with Gasteiger partial charge in [-0.05, 0) is 24.0 Å². The van der Waals surface area contributed by atoms with Crippen LogP contribution >= 0.6 is 0 Å². The van der Waals surface area contributed by atoms with Gasteiger partial charge >= 0.3 is 6.18 Å². The van der Waals surface area contributed by atoms with Crippen molar-refractivity contribution in [3.05, 3.63) is 35.4 Å². The molecular formula is C11H13F3O. The highest BCUT2D eigenvalue weighted by Gasteiger charge is 2.32. The Morgan fingerprint density at radius 3 is 2.40 bits per heavy atom. The minimum Gasteiger partial charge on any atom is -0.396 e. The smallest absolute Gasteiger partial charge is 0.396 e. The number of halogens is 3. The Morgan fingerprint density at radius 2 is 1.87 bits per heavy atom. The van der Waals surface area contributed by atoms with E-state index in [2.05, 4.69) is 0 Å². The zero-order valence-corrected chi connectivity index (χ0v) is 8.38. The second-order valence-corrected chi connectivity index (χ2v) is 3.65. The van der Waals surface area contributed by atoms with Gasteiger partial charge in [-0.2, -0.15) is 13.2 Å². The van der Waals surface area contributed by atoms with Gasteiger partial charge in [0.1, 0.15) is 0 Å². The van der Waals surface area contributed by atoms with E-state index in [0.29, 0.717) is 0 Å². The maximum atomic E-state index is 12.5. The zero-order valence-electron chi connectivity index (χ0n) is 8.38. The van der Waals surface area contributed by atoms with Crippen molar-refractivity contribution < 1.29 is 18.3 Å². The Kier molecular flexibility index (Phi) is 3.74. The molecule has 0 aliphatic rings. The van der Waals surface area contributed by atoms with Gasteiger partial charge in [-0.25, -0.2) is 0 Å². The van der Waals surface area contributed by atoms with E-state index in [1.165, 1.54) is 12.1 Å². The average molecular weight is 218 g/mol. The standard InChI is InChI=1S/C11H13F3O/c1-8(7-15)6-9-4-2-3-5-10(9)11(12,13)14/h2-5,8,15H,6-7H2,1H3/t8-/m0/s1. The first-order valence-electron chi connectivity index (χ1n) is 4.71. The minimum absolute atomic E-state index is 0.105. The molecule has 0 fully saturated rings. The maximum absolute atomic E-state index is 12.5. The van der Waals surface area contributed by atoms with Crippen LogP contribution in [0.3, 0.4) is 0 Å². The topological polar surface area (TPSA) is 20.2 Å². The molecule has 0 aliphatic carbocycles. The Bertz CT molecular complexity index is 320. The van der Waals surface area contributed by atoms with E-state index in [0.717, 1.165) is 6.07 Å². The van der Waals surface area contributed by atoms with Crippen LogP contribution in [0, 0.1) is 5.92 Å². The summed E-state index contributed by atoms with van der Waals surface area (Å²) >= 11 is 0. The number of alkyl halides is 3. The predicted molar refractivity (Wildman–Crippen MR) is 51.4 cm³/mol. The van der Waals surface area contributed by atoms with E-state index in [1.807, 2.05) is 0 Å². The normalized spacial score (nSPS) is 13.9. The molecule has 0 amide bonds. The van der Waals surface area contributed by atoms with Gasteiger partial charge in [0.15, 0.2) is 0 Å². The van der Waals surface area contributed by atoms with Gasteiger partial charge in [-0.1, -0.05) is 25.1 Å². The first-order chi connectivity index (χ1) is 6.95. The summed E-state index contributed by atoms with van der Waals surface area (Å²) in [5.41, 5.74) is -0.364. The highest BCUT2D eigenvalue weighted by molar-refractivity contribution is 5.29. The molecule has 1 rings (SSSR count). The number of aliphatic hydroxyl groups is 1. The molecule has 0 aromatic heterocycles. The van der Waals surface area contributed by atoms with Gasteiger partial charge in [0, 0.05) is 6.61 Å². The zero-order chi connectivity index (χ0) is 11.5. The van der Waals surface area contributed by atoms with Crippen LogP contribution in [-0.2, 0) is 12.6 Å². The molecule has 0 saturated carbocycles. The van der Waals surface area contributed by atoms with Crippen LogP contribution in [0.5, 0.6) is 0 Å². The number of hydrogen-bond donors (Lipinski definition) is 1. The fourth-order valence-corrected chi connectivity index (χ4v) is 1.41. The third kappa shape index (κ3) is 3.23. The van der Waals surface area contributed by atoms with Gasteiger partial charge in [-0.15, -0.1) is 0 Å². The van der Waals surface area contributed by atoms with Gasteiger partial charge in [0.05, 0.1) is 5.56 Å². The molecule has 0 unspecified atom stereocenters. The summed E-state index contributed by atoms with van der Waals surface area (Å²) in [5, 5.41) is 8.81. The molecule has 1 atom stereocenters. The molecular weight excluding hydrogens is 205 g/mol. The number of rotatable bonds is 3. The fraction of sp³-hybridized carbons (Fsp3) is 0.455. The third-order valence-electron chi connectivity index (χ3n) is 2.20. The van der Waals surface area contributed by atoms with E-state index in [-0.39, 0.29) is 24.5 Å². The number of benzene rings is 1. The van der Waals surface area contributed by atoms with Crippen molar-refractivity contribution in [3.63, 3.8) is 0 Å². The van der Waals surface area contributed by atoms with Crippen LogP contribution in [0.2, 0.25) is 0 Å². The van der Waals surface area contributed by atoms with Crippen molar-refractivity contribution in [2.75, 3.05) is 6.61 Å². The Labute approximate surface area is 86.5 Å². The van der Waals surface area contributed by atoms with E-state index >= 15 is 0 Å². The molecule has 15 heavy (non-hydrogen) atoms. The molecule has 0 aliphatic heterocycles. The molecule has 84 valence electrons. The summed E-state index contributed by atoms with van der Waals surface area (Å²) in [5.74, 6) is -0.159. The average Bonchev–Trinajstić information content (AvgIpc) is 2.17.